The van der Waals surface area contributed by atoms with Gasteiger partial charge in [0.15, 0.2) is 0 Å². The molecule has 0 fully saturated rings. The smallest absolute Gasteiger partial charge is 0.282 e. The van der Waals surface area contributed by atoms with Crippen LogP contribution < -0.4 is 10.6 Å². The molecule has 0 saturated heterocycles. The summed E-state index contributed by atoms with van der Waals surface area (Å²) in [7, 11) is 2.08. The van der Waals surface area contributed by atoms with Crippen molar-refractivity contribution in [2.45, 2.75) is 6.04 Å². The Balaban J connectivity index is 1.87. The quantitative estimate of drug-likeness (QED) is 0.912. The topological polar surface area (TPSA) is 50.9 Å². The number of hydrogen-bond acceptors (Lipinski definition) is 4. The van der Waals surface area contributed by atoms with Crippen LogP contribution in [0.15, 0.2) is 47.5 Å². The lowest BCUT2D eigenvalue weighted by Crippen LogP contribution is -2.28. The van der Waals surface area contributed by atoms with Crippen LogP contribution in [0.5, 0.6) is 0 Å². The van der Waals surface area contributed by atoms with E-state index in [0.717, 1.165) is 6.54 Å². The summed E-state index contributed by atoms with van der Waals surface area (Å²) >= 11 is 0. The number of benzene rings is 2. The number of nitrogens with zero attached hydrogens (tertiary/aromatic N) is 2. The Kier molecular flexibility index (Phi) is 2.99. The number of anilines is 1. The second kappa shape index (κ2) is 4.80. The first-order chi connectivity index (χ1) is 9.24. The molecule has 19 heavy (non-hydrogen) atoms. The summed E-state index contributed by atoms with van der Waals surface area (Å²) in [5.74, 6) is 0. The van der Waals surface area contributed by atoms with Gasteiger partial charge >= 0.3 is 0 Å². The Morgan fingerprint density at radius 1 is 1.26 bits per heavy atom. The molecule has 0 aliphatic carbocycles. The van der Waals surface area contributed by atoms with Gasteiger partial charge in [-0.3, -0.25) is 0 Å². The second-order valence-corrected chi connectivity index (χ2v) is 4.81. The van der Waals surface area contributed by atoms with Crippen molar-refractivity contribution in [3.63, 3.8) is 0 Å². The van der Waals surface area contributed by atoms with Crippen molar-refractivity contribution in [1.82, 2.24) is 0 Å². The normalized spacial score (nSPS) is 18.2. The molecule has 0 aromatic heterocycles. The van der Waals surface area contributed by atoms with Gasteiger partial charge in [0.2, 0.25) is 0 Å². The zero-order valence-corrected chi connectivity index (χ0v) is 10.9. The van der Waals surface area contributed by atoms with Crippen molar-refractivity contribution in [3.8, 4) is 0 Å². The van der Waals surface area contributed by atoms with Crippen molar-refractivity contribution in [3.05, 3.63) is 42.5 Å². The third kappa shape index (κ3) is 2.34. The maximum absolute atomic E-state index is 5.54. The van der Waals surface area contributed by atoms with E-state index < -0.39 is 0 Å². The number of nitrogens with two attached hydrogens (primary N) is 1. The van der Waals surface area contributed by atoms with Crippen LogP contribution in [-0.2, 0) is 4.74 Å². The van der Waals surface area contributed by atoms with Gasteiger partial charge in [-0.1, -0.05) is 36.4 Å². The molecule has 2 aromatic carbocycles. The van der Waals surface area contributed by atoms with Gasteiger partial charge in [-0.25, -0.2) is 4.99 Å². The summed E-state index contributed by atoms with van der Waals surface area (Å²) < 4.78 is 5.19. The molecule has 0 amide bonds. The Labute approximate surface area is 112 Å². The summed E-state index contributed by atoms with van der Waals surface area (Å²) in [4.78, 5) is 6.47. The van der Waals surface area contributed by atoms with Gasteiger partial charge in [-0.15, -0.1) is 0 Å². The maximum atomic E-state index is 5.54. The van der Waals surface area contributed by atoms with Gasteiger partial charge in [-0.05, 0) is 11.5 Å². The molecule has 2 aromatic rings. The molecule has 4 heteroatoms. The molecule has 1 aliphatic rings. The van der Waals surface area contributed by atoms with Gasteiger partial charge in [0, 0.05) is 24.7 Å². The van der Waals surface area contributed by atoms with Crippen molar-refractivity contribution in [2.75, 3.05) is 25.1 Å². The van der Waals surface area contributed by atoms with E-state index in [2.05, 4.69) is 59.4 Å². The first-order valence-electron chi connectivity index (χ1n) is 6.39. The first-order valence-corrected chi connectivity index (χ1v) is 6.39. The van der Waals surface area contributed by atoms with E-state index >= 15 is 0 Å². The zero-order chi connectivity index (χ0) is 13.2. The number of rotatable bonds is 3. The second-order valence-electron chi connectivity index (χ2n) is 4.81. The SMILES string of the molecule is CN(C[C@H]1COC(N)=N1)c1cccc2ccccc12. The molecule has 2 N–H and O–H groups in total. The predicted octanol–water partition coefficient (Wildman–Crippen LogP) is 1.99. The maximum Gasteiger partial charge on any atom is 0.282 e. The van der Waals surface area contributed by atoms with Crippen LogP contribution in [-0.4, -0.2) is 32.3 Å². The highest BCUT2D eigenvalue weighted by Crippen LogP contribution is 2.26. The number of fused-ring (bicyclic) bond motifs is 1. The summed E-state index contributed by atoms with van der Waals surface area (Å²) in [5, 5.41) is 2.50. The Hall–Kier alpha value is -2.23. The van der Waals surface area contributed by atoms with Crippen LogP contribution in [0.1, 0.15) is 0 Å². The first kappa shape index (κ1) is 11.8. The monoisotopic (exact) mass is 255 g/mol. The fourth-order valence-electron chi connectivity index (χ4n) is 2.49. The fraction of sp³-hybridized carbons (Fsp3) is 0.267. The lowest BCUT2D eigenvalue weighted by molar-refractivity contribution is 0.314. The van der Waals surface area contributed by atoms with E-state index in [4.69, 9.17) is 10.5 Å². The summed E-state index contributed by atoms with van der Waals surface area (Å²) in [6.45, 7) is 1.37. The highest BCUT2D eigenvalue weighted by Gasteiger charge is 2.19. The van der Waals surface area contributed by atoms with E-state index in [0.29, 0.717) is 12.6 Å². The average molecular weight is 255 g/mol. The lowest BCUT2D eigenvalue weighted by Gasteiger charge is -2.22. The molecule has 0 bridgehead atoms. The summed E-state index contributed by atoms with van der Waals surface area (Å²) in [5.41, 5.74) is 6.75. The molecule has 0 saturated carbocycles. The van der Waals surface area contributed by atoms with Crippen LogP contribution >= 0.6 is 0 Å². The summed E-state index contributed by atoms with van der Waals surface area (Å²) in [6, 6.07) is 15.1. The Morgan fingerprint density at radius 3 is 2.84 bits per heavy atom. The van der Waals surface area contributed by atoms with Gasteiger partial charge in [0.1, 0.15) is 12.6 Å². The van der Waals surface area contributed by atoms with E-state index in [1.54, 1.807) is 0 Å². The van der Waals surface area contributed by atoms with Crippen LogP contribution in [0, 0.1) is 0 Å². The summed E-state index contributed by atoms with van der Waals surface area (Å²) in [6.07, 6.45) is 0. The molecule has 0 radical (unpaired) electrons. The van der Waals surface area contributed by atoms with E-state index in [-0.39, 0.29) is 6.04 Å². The van der Waals surface area contributed by atoms with Gasteiger partial charge in [0.05, 0.1) is 0 Å². The van der Waals surface area contributed by atoms with Crippen molar-refractivity contribution >= 4 is 22.5 Å². The highest BCUT2D eigenvalue weighted by molar-refractivity contribution is 5.94. The predicted molar refractivity (Wildman–Crippen MR) is 78.6 cm³/mol. The third-order valence-electron chi connectivity index (χ3n) is 3.40. The number of aliphatic imine (C=N–C) groups is 1. The van der Waals surface area contributed by atoms with Crippen LogP contribution in [0.25, 0.3) is 10.8 Å². The van der Waals surface area contributed by atoms with Crippen LogP contribution in [0.4, 0.5) is 5.69 Å². The van der Waals surface area contributed by atoms with Gasteiger partial charge in [-0.2, -0.15) is 0 Å². The van der Waals surface area contributed by atoms with E-state index in [1.807, 2.05) is 0 Å². The highest BCUT2D eigenvalue weighted by atomic mass is 16.5. The van der Waals surface area contributed by atoms with Crippen molar-refractivity contribution in [2.24, 2.45) is 10.7 Å². The minimum atomic E-state index is 0.115. The minimum Gasteiger partial charge on any atom is -0.463 e. The molecule has 0 spiro atoms. The van der Waals surface area contributed by atoms with E-state index in [1.165, 1.54) is 16.5 Å². The van der Waals surface area contributed by atoms with Crippen molar-refractivity contribution < 1.29 is 4.74 Å². The number of likely N-dealkylation sites (N-methyl/N-ethyl adjacent to an activating group) is 1. The van der Waals surface area contributed by atoms with Crippen LogP contribution in [0.3, 0.4) is 0 Å². The Bertz CT molecular complexity index is 618. The largest absolute Gasteiger partial charge is 0.463 e. The molecule has 0 unspecified atom stereocenters. The molecular formula is C15H17N3O. The molecule has 98 valence electrons. The molecule has 1 atom stereocenters. The minimum absolute atomic E-state index is 0.115. The zero-order valence-electron chi connectivity index (χ0n) is 10.9. The lowest BCUT2D eigenvalue weighted by atomic mass is 10.1. The number of hydrogen-bond donors (Lipinski definition) is 1. The standard InChI is InChI=1S/C15H17N3O/c1-18(9-12-10-19-15(16)17-12)14-8-4-6-11-5-2-3-7-13(11)14/h2-8,12H,9-10H2,1H3,(H2,16,17)/t12-/m0/s1. The van der Waals surface area contributed by atoms with Gasteiger partial charge < -0.3 is 15.4 Å². The van der Waals surface area contributed by atoms with Crippen LogP contribution in [0.2, 0.25) is 0 Å². The number of ether oxygens (including phenoxy) is 1. The molecule has 1 heterocycles. The molecule has 4 nitrogen and oxygen atoms in total. The van der Waals surface area contributed by atoms with Gasteiger partial charge in [0.25, 0.3) is 6.02 Å². The fourth-order valence-corrected chi connectivity index (χ4v) is 2.49. The number of amidine groups is 1. The van der Waals surface area contributed by atoms with E-state index in [9.17, 15) is 0 Å². The third-order valence-corrected chi connectivity index (χ3v) is 3.40. The molecular weight excluding hydrogens is 238 g/mol. The average Bonchev–Trinajstić information content (AvgIpc) is 2.83. The van der Waals surface area contributed by atoms with Crippen molar-refractivity contribution in [1.29, 1.82) is 0 Å². The molecule has 1 aliphatic heterocycles. The molecule has 3 rings (SSSR count). The Morgan fingerprint density at radius 2 is 2.05 bits per heavy atom.